The smallest absolute Gasteiger partial charge is 0.251 e. The molecule has 108 valence electrons. The van der Waals surface area contributed by atoms with E-state index in [9.17, 15) is 9.90 Å². The second kappa shape index (κ2) is 5.12. The number of aryl methyl sites for hydroxylation is 1. The molecule has 0 saturated heterocycles. The molecule has 2 N–H and O–H groups in total. The van der Waals surface area contributed by atoms with Crippen LogP contribution in [0.1, 0.15) is 48.5 Å². The molecule has 1 aromatic carbocycles. The molecule has 1 amide bonds. The minimum Gasteiger partial charge on any atom is -0.508 e. The number of amides is 1. The minimum atomic E-state index is -0.0735. The fraction of sp³-hybridized carbons (Fsp3) is 0.588. The maximum atomic E-state index is 12.3. The van der Waals surface area contributed by atoms with Crippen LogP contribution < -0.4 is 5.32 Å². The molecule has 0 radical (unpaired) electrons. The molecule has 0 heterocycles. The van der Waals surface area contributed by atoms with Gasteiger partial charge in [-0.1, -0.05) is 12.5 Å². The van der Waals surface area contributed by atoms with Crippen molar-refractivity contribution in [1.82, 2.24) is 5.32 Å². The van der Waals surface area contributed by atoms with Gasteiger partial charge in [0.25, 0.3) is 5.91 Å². The Morgan fingerprint density at radius 3 is 2.75 bits per heavy atom. The molecule has 2 bridgehead atoms. The molecule has 3 nitrogen and oxygen atoms in total. The van der Waals surface area contributed by atoms with E-state index in [-0.39, 0.29) is 17.7 Å². The topological polar surface area (TPSA) is 49.3 Å². The summed E-state index contributed by atoms with van der Waals surface area (Å²) < 4.78 is 0. The first-order valence-corrected chi connectivity index (χ1v) is 7.65. The average Bonchev–Trinajstić information content (AvgIpc) is 3.04. The third kappa shape index (κ3) is 2.41. The lowest BCUT2D eigenvalue weighted by molar-refractivity contribution is 0.0915. The van der Waals surface area contributed by atoms with Crippen LogP contribution >= 0.6 is 0 Å². The first-order valence-electron chi connectivity index (χ1n) is 7.65. The number of phenolic OH excluding ortho intramolecular Hbond substituents is 1. The Bertz CT molecular complexity index is 526. The minimum absolute atomic E-state index is 0.0735. The zero-order valence-electron chi connectivity index (χ0n) is 12.2. The van der Waals surface area contributed by atoms with Crippen molar-refractivity contribution >= 4 is 5.91 Å². The van der Waals surface area contributed by atoms with Gasteiger partial charge in [-0.3, -0.25) is 4.79 Å². The fourth-order valence-corrected chi connectivity index (χ4v) is 4.05. The zero-order chi connectivity index (χ0) is 14.3. The summed E-state index contributed by atoms with van der Waals surface area (Å²) in [4.78, 5) is 12.3. The third-order valence-corrected chi connectivity index (χ3v) is 5.27. The first kappa shape index (κ1) is 13.5. The van der Waals surface area contributed by atoms with E-state index in [0.717, 1.165) is 17.4 Å². The van der Waals surface area contributed by atoms with Crippen molar-refractivity contribution in [2.75, 3.05) is 0 Å². The Hall–Kier alpha value is -1.51. The van der Waals surface area contributed by atoms with Gasteiger partial charge in [-0.05, 0) is 68.6 Å². The lowest BCUT2D eigenvalue weighted by Crippen LogP contribution is -2.40. The second-order valence-corrected chi connectivity index (χ2v) is 6.60. The van der Waals surface area contributed by atoms with Crippen molar-refractivity contribution < 1.29 is 9.90 Å². The number of phenols is 1. The number of aromatic hydroxyl groups is 1. The van der Waals surface area contributed by atoms with Gasteiger partial charge < -0.3 is 10.4 Å². The Morgan fingerprint density at radius 2 is 2.15 bits per heavy atom. The molecule has 4 unspecified atom stereocenters. The van der Waals surface area contributed by atoms with Gasteiger partial charge in [0.1, 0.15) is 5.75 Å². The summed E-state index contributed by atoms with van der Waals surface area (Å²) in [5, 5.41) is 12.8. The summed E-state index contributed by atoms with van der Waals surface area (Å²) in [6, 6.07) is 5.34. The SMILES string of the molecule is Cc1ccc(C(=O)NC(C)C2CC3CCC2C3)cc1O. The van der Waals surface area contributed by atoms with Gasteiger partial charge in [0.2, 0.25) is 0 Å². The number of benzene rings is 1. The van der Waals surface area contributed by atoms with Crippen molar-refractivity contribution in [2.24, 2.45) is 17.8 Å². The highest BCUT2D eigenvalue weighted by molar-refractivity contribution is 5.94. The Morgan fingerprint density at radius 1 is 1.35 bits per heavy atom. The molecule has 0 aliphatic heterocycles. The summed E-state index contributed by atoms with van der Waals surface area (Å²) in [5.74, 6) is 2.45. The average molecular weight is 273 g/mol. The molecule has 0 aromatic heterocycles. The van der Waals surface area contributed by atoms with Crippen molar-refractivity contribution in [3.05, 3.63) is 29.3 Å². The number of nitrogens with one attached hydrogen (secondary N) is 1. The van der Waals surface area contributed by atoms with Crippen molar-refractivity contribution in [2.45, 2.75) is 45.6 Å². The van der Waals surface area contributed by atoms with Crippen LogP contribution in [0.4, 0.5) is 0 Å². The molecule has 4 atom stereocenters. The summed E-state index contributed by atoms with van der Waals surface area (Å²) in [7, 11) is 0. The molecule has 0 spiro atoms. The normalized spacial score (nSPS) is 29.4. The van der Waals surface area contributed by atoms with Gasteiger partial charge in [0, 0.05) is 11.6 Å². The Kier molecular flexibility index (Phi) is 3.45. The number of hydrogen-bond donors (Lipinski definition) is 2. The molecule has 1 aromatic rings. The highest BCUT2D eigenvalue weighted by Crippen LogP contribution is 2.49. The molecule has 2 aliphatic carbocycles. The molecular formula is C17H23NO2. The number of hydrogen-bond acceptors (Lipinski definition) is 2. The summed E-state index contributed by atoms with van der Waals surface area (Å²) in [5.41, 5.74) is 1.34. The van der Waals surface area contributed by atoms with E-state index < -0.39 is 0 Å². The highest BCUT2D eigenvalue weighted by Gasteiger charge is 2.42. The summed E-state index contributed by atoms with van der Waals surface area (Å²) >= 11 is 0. The summed E-state index contributed by atoms with van der Waals surface area (Å²) in [6.45, 7) is 3.95. The Labute approximate surface area is 120 Å². The van der Waals surface area contributed by atoms with Crippen LogP contribution in [-0.2, 0) is 0 Å². The predicted octanol–water partition coefficient (Wildman–Crippen LogP) is 3.26. The fourth-order valence-electron chi connectivity index (χ4n) is 4.05. The van der Waals surface area contributed by atoms with Crippen LogP contribution in [0.2, 0.25) is 0 Å². The highest BCUT2D eigenvalue weighted by atomic mass is 16.3. The number of carbonyl (C=O) groups is 1. The summed E-state index contributed by atoms with van der Waals surface area (Å²) in [6.07, 6.45) is 5.34. The standard InChI is InChI=1S/C17H23NO2/c1-10-3-5-14(9-16(10)19)17(20)18-11(2)15-8-12-4-6-13(15)7-12/h3,5,9,11-13,15,19H,4,6-8H2,1-2H3,(H,18,20). The molecule has 2 aliphatic rings. The van der Waals surface area contributed by atoms with E-state index in [1.807, 2.05) is 6.92 Å². The van der Waals surface area contributed by atoms with E-state index in [1.165, 1.54) is 25.7 Å². The van der Waals surface area contributed by atoms with E-state index in [1.54, 1.807) is 18.2 Å². The zero-order valence-corrected chi connectivity index (χ0v) is 12.2. The number of carbonyl (C=O) groups excluding carboxylic acids is 1. The monoisotopic (exact) mass is 273 g/mol. The third-order valence-electron chi connectivity index (χ3n) is 5.27. The molecule has 2 saturated carbocycles. The molecule has 3 rings (SSSR count). The van der Waals surface area contributed by atoms with Gasteiger partial charge in [-0.2, -0.15) is 0 Å². The predicted molar refractivity (Wildman–Crippen MR) is 78.7 cm³/mol. The van der Waals surface area contributed by atoms with E-state index in [4.69, 9.17) is 0 Å². The maximum Gasteiger partial charge on any atom is 0.251 e. The van der Waals surface area contributed by atoms with Crippen LogP contribution in [0.15, 0.2) is 18.2 Å². The van der Waals surface area contributed by atoms with Crippen LogP contribution in [-0.4, -0.2) is 17.1 Å². The van der Waals surface area contributed by atoms with Crippen LogP contribution in [0.3, 0.4) is 0 Å². The first-order chi connectivity index (χ1) is 9.54. The van der Waals surface area contributed by atoms with Gasteiger partial charge >= 0.3 is 0 Å². The lowest BCUT2D eigenvalue weighted by atomic mass is 9.84. The Balaban J connectivity index is 1.65. The van der Waals surface area contributed by atoms with E-state index in [2.05, 4.69) is 12.2 Å². The quantitative estimate of drug-likeness (QED) is 0.888. The maximum absolute atomic E-state index is 12.3. The van der Waals surface area contributed by atoms with E-state index in [0.29, 0.717) is 11.5 Å². The molecule has 20 heavy (non-hydrogen) atoms. The van der Waals surface area contributed by atoms with Gasteiger partial charge in [-0.15, -0.1) is 0 Å². The van der Waals surface area contributed by atoms with Crippen molar-refractivity contribution in [3.8, 4) is 5.75 Å². The number of fused-ring (bicyclic) bond motifs is 2. The van der Waals surface area contributed by atoms with Crippen molar-refractivity contribution in [3.63, 3.8) is 0 Å². The van der Waals surface area contributed by atoms with Gasteiger partial charge in [0.05, 0.1) is 0 Å². The molecular weight excluding hydrogens is 250 g/mol. The van der Waals surface area contributed by atoms with Crippen LogP contribution in [0.25, 0.3) is 0 Å². The van der Waals surface area contributed by atoms with E-state index >= 15 is 0 Å². The van der Waals surface area contributed by atoms with Crippen LogP contribution in [0, 0.1) is 24.7 Å². The van der Waals surface area contributed by atoms with Crippen molar-refractivity contribution in [1.29, 1.82) is 0 Å². The lowest BCUT2D eigenvalue weighted by Gasteiger charge is -2.28. The van der Waals surface area contributed by atoms with Gasteiger partial charge in [-0.25, -0.2) is 0 Å². The molecule has 2 fully saturated rings. The largest absolute Gasteiger partial charge is 0.508 e. The molecule has 3 heteroatoms. The van der Waals surface area contributed by atoms with Gasteiger partial charge in [0.15, 0.2) is 0 Å². The van der Waals surface area contributed by atoms with Crippen LogP contribution in [0.5, 0.6) is 5.75 Å². The number of rotatable bonds is 3. The second-order valence-electron chi connectivity index (χ2n) is 6.60.